The van der Waals surface area contributed by atoms with Crippen molar-refractivity contribution >= 4 is 5.78 Å². The van der Waals surface area contributed by atoms with E-state index in [4.69, 9.17) is 0 Å². The number of hydrogen-bond acceptors (Lipinski definition) is 2. The molecule has 1 aromatic heterocycles. The zero-order valence-electron chi connectivity index (χ0n) is 5.80. The van der Waals surface area contributed by atoms with Crippen LogP contribution in [0, 0.1) is 5.82 Å². The molecule has 1 heterocycles. The third-order valence-electron chi connectivity index (χ3n) is 1.82. The summed E-state index contributed by atoms with van der Waals surface area (Å²) in [5.41, 5.74) is 1.20. The monoisotopic (exact) mass is 151 g/mol. The molecule has 0 atom stereocenters. The summed E-state index contributed by atoms with van der Waals surface area (Å²) in [7, 11) is 0. The maximum Gasteiger partial charge on any atom is 0.181 e. The summed E-state index contributed by atoms with van der Waals surface area (Å²) in [5, 5.41) is 0. The van der Waals surface area contributed by atoms with Crippen molar-refractivity contribution in [3.63, 3.8) is 0 Å². The van der Waals surface area contributed by atoms with Crippen LogP contribution in [-0.2, 0) is 6.42 Å². The van der Waals surface area contributed by atoms with Gasteiger partial charge < -0.3 is 0 Å². The number of pyridine rings is 1. The van der Waals surface area contributed by atoms with Crippen molar-refractivity contribution in [3.8, 4) is 0 Å². The Morgan fingerprint density at radius 3 is 3.09 bits per heavy atom. The Bertz CT molecular complexity index is 322. The second-order valence-corrected chi connectivity index (χ2v) is 2.58. The number of nitrogens with zero attached hydrogens (tertiary/aromatic N) is 1. The van der Waals surface area contributed by atoms with E-state index in [-0.39, 0.29) is 11.6 Å². The number of aromatic nitrogens is 1. The molecule has 0 saturated carbocycles. The number of carbonyl (C=O) groups is 1. The van der Waals surface area contributed by atoms with Crippen LogP contribution in [0.3, 0.4) is 0 Å². The lowest BCUT2D eigenvalue weighted by Gasteiger charge is -1.93. The maximum atomic E-state index is 12.5. The standard InChI is InChI=1S/C8H6FNO/c9-6-3-5-1-2-7(11)8(5)10-4-6/h3-4H,1-2H2. The van der Waals surface area contributed by atoms with E-state index in [0.29, 0.717) is 18.5 Å². The molecular formula is C8H6FNO. The van der Waals surface area contributed by atoms with Gasteiger partial charge in [-0.15, -0.1) is 0 Å². The minimum atomic E-state index is -0.363. The number of ketones is 1. The van der Waals surface area contributed by atoms with Crippen LogP contribution in [0.1, 0.15) is 22.5 Å². The molecule has 0 spiro atoms. The van der Waals surface area contributed by atoms with Gasteiger partial charge >= 0.3 is 0 Å². The van der Waals surface area contributed by atoms with Crippen molar-refractivity contribution in [2.75, 3.05) is 0 Å². The lowest BCUT2D eigenvalue weighted by Crippen LogP contribution is -1.95. The lowest BCUT2D eigenvalue weighted by molar-refractivity contribution is 0.0990. The van der Waals surface area contributed by atoms with Crippen molar-refractivity contribution < 1.29 is 9.18 Å². The highest BCUT2D eigenvalue weighted by molar-refractivity contribution is 5.98. The summed E-state index contributed by atoms with van der Waals surface area (Å²) in [6, 6.07) is 1.38. The van der Waals surface area contributed by atoms with Gasteiger partial charge in [0, 0.05) is 6.42 Å². The van der Waals surface area contributed by atoms with E-state index < -0.39 is 0 Å². The smallest absolute Gasteiger partial charge is 0.181 e. The Morgan fingerprint density at radius 1 is 1.45 bits per heavy atom. The zero-order chi connectivity index (χ0) is 7.84. The number of carbonyl (C=O) groups excluding carboxylic acids is 1. The van der Waals surface area contributed by atoms with Crippen molar-refractivity contribution in [2.24, 2.45) is 0 Å². The summed E-state index contributed by atoms with van der Waals surface area (Å²) >= 11 is 0. The Hall–Kier alpha value is -1.25. The van der Waals surface area contributed by atoms with Crippen LogP contribution in [0.2, 0.25) is 0 Å². The molecule has 0 radical (unpaired) electrons. The van der Waals surface area contributed by atoms with Crippen LogP contribution < -0.4 is 0 Å². The van der Waals surface area contributed by atoms with E-state index in [1.54, 1.807) is 0 Å². The fourth-order valence-electron chi connectivity index (χ4n) is 1.29. The molecule has 0 amide bonds. The summed E-state index contributed by atoms with van der Waals surface area (Å²) in [6.45, 7) is 0. The number of halogens is 1. The summed E-state index contributed by atoms with van der Waals surface area (Å²) in [4.78, 5) is 14.7. The highest BCUT2D eigenvalue weighted by Gasteiger charge is 2.20. The minimum absolute atomic E-state index is 0.0278. The highest BCUT2D eigenvalue weighted by atomic mass is 19.1. The third-order valence-corrected chi connectivity index (χ3v) is 1.82. The Labute approximate surface area is 63.1 Å². The molecule has 1 aliphatic rings. The zero-order valence-corrected chi connectivity index (χ0v) is 5.80. The van der Waals surface area contributed by atoms with Gasteiger partial charge in [-0.25, -0.2) is 9.37 Å². The summed E-state index contributed by atoms with van der Waals surface area (Å²) in [5.74, 6) is -0.335. The number of rotatable bonds is 0. The largest absolute Gasteiger partial charge is 0.292 e. The van der Waals surface area contributed by atoms with Crippen LogP contribution in [0.5, 0.6) is 0 Å². The van der Waals surface area contributed by atoms with Crippen LogP contribution in [0.25, 0.3) is 0 Å². The average Bonchev–Trinajstić information content (AvgIpc) is 2.32. The molecular weight excluding hydrogens is 145 g/mol. The quantitative estimate of drug-likeness (QED) is 0.560. The molecule has 0 unspecified atom stereocenters. The highest BCUT2D eigenvalue weighted by Crippen LogP contribution is 2.19. The average molecular weight is 151 g/mol. The SMILES string of the molecule is O=C1CCc2cc(F)cnc21. The number of Topliss-reactive ketones (excluding diaryl/α,β-unsaturated/α-hetero) is 1. The van der Waals surface area contributed by atoms with Gasteiger partial charge in [0.2, 0.25) is 0 Å². The van der Waals surface area contributed by atoms with Crippen LogP contribution in [-0.4, -0.2) is 10.8 Å². The first-order valence-electron chi connectivity index (χ1n) is 3.45. The van der Waals surface area contributed by atoms with Gasteiger partial charge in [0.25, 0.3) is 0 Å². The molecule has 0 aliphatic heterocycles. The third kappa shape index (κ3) is 0.926. The molecule has 0 fully saturated rings. The Balaban J connectivity index is 2.59. The molecule has 56 valence electrons. The molecule has 0 aromatic carbocycles. The van der Waals surface area contributed by atoms with Crippen LogP contribution >= 0.6 is 0 Å². The predicted molar refractivity (Wildman–Crippen MR) is 36.8 cm³/mol. The van der Waals surface area contributed by atoms with Gasteiger partial charge in [-0.1, -0.05) is 0 Å². The summed E-state index contributed by atoms with van der Waals surface area (Å²) < 4.78 is 12.5. The van der Waals surface area contributed by atoms with Gasteiger partial charge in [-0.2, -0.15) is 0 Å². The molecule has 2 rings (SSSR count). The number of hydrogen-bond donors (Lipinski definition) is 0. The molecule has 1 aromatic rings. The van der Waals surface area contributed by atoms with Gasteiger partial charge in [-0.3, -0.25) is 4.79 Å². The predicted octanol–water partition coefficient (Wildman–Crippen LogP) is 1.35. The topological polar surface area (TPSA) is 30.0 Å². The van der Waals surface area contributed by atoms with E-state index in [2.05, 4.69) is 4.98 Å². The van der Waals surface area contributed by atoms with E-state index in [0.717, 1.165) is 11.8 Å². The number of aryl methyl sites for hydroxylation is 1. The summed E-state index contributed by atoms with van der Waals surface area (Å²) in [6.07, 6.45) is 2.20. The normalized spacial score (nSPS) is 15.2. The van der Waals surface area contributed by atoms with Crippen molar-refractivity contribution in [1.29, 1.82) is 0 Å². The molecule has 11 heavy (non-hydrogen) atoms. The molecule has 2 nitrogen and oxygen atoms in total. The molecule has 3 heteroatoms. The Morgan fingerprint density at radius 2 is 2.27 bits per heavy atom. The molecule has 1 aliphatic carbocycles. The fourth-order valence-corrected chi connectivity index (χ4v) is 1.29. The second-order valence-electron chi connectivity index (χ2n) is 2.58. The van der Waals surface area contributed by atoms with E-state index >= 15 is 0 Å². The van der Waals surface area contributed by atoms with E-state index in [1.165, 1.54) is 6.07 Å². The molecule has 0 N–H and O–H groups in total. The van der Waals surface area contributed by atoms with Gasteiger partial charge in [0.15, 0.2) is 5.78 Å². The van der Waals surface area contributed by atoms with E-state index in [9.17, 15) is 9.18 Å². The second kappa shape index (κ2) is 2.12. The first kappa shape index (κ1) is 6.46. The van der Waals surface area contributed by atoms with Crippen molar-refractivity contribution in [2.45, 2.75) is 12.8 Å². The lowest BCUT2D eigenvalue weighted by atomic mass is 10.2. The minimum Gasteiger partial charge on any atom is -0.292 e. The fraction of sp³-hybridized carbons (Fsp3) is 0.250. The van der Waals surface area contributed by atoms with E-state index in [1.807, 2.05) is 0 Å². The van der Waals surface area contributed by atoms with Crippen molar-refractivity contribution in [3.05, 3.63) is 29.3 Å². The molecule has 0 saturated heterocycles. The Kier molecular flexibility index (Phi) is 1.24. The number of fused-ring (bicyclic) bond motifs is 1. The van der Waals surface area contributed by atoms with Gasteiger partial charge in [-0.05, 0) is 18.1 Å². The van der Waals surface area contributed by atoms with Gasteiger partial charge in [0.1, 0.15) is 11.5 Å². The first-order valence-corrected chi connectivity index (χ1v) is 3.45. The maximum absolute atomic E-state index is 12.5. The van der Waals surface area contributed by atoms with Crippen LogP contribution in [0.15, 0.2) is 12.3 Å². The van der Waals surface area contributed by atoms with Gasteiger partial charge in [0.05, 0.1) is 6.20 Å². The van der Waals surface area contributed by atoms with Crippen molar-refractivity contribution in [1.82, 2.24) is 4.98 Å². The first-order chi connectivity index (χ1) is 5.27. The van der Waals surface area contributed by atoms with Crippen LogP contribution in [0.4, 0.5) is 4.39 Å². The molecule has 0 bridgehead atoms.